The molecule has 20 heavy (non-hydrogen) atoms. The van der Waals surface area contributed by atoms with E-state index in [1.807, 2.05) is 27.7 Å². The zero-order valence-corrected chi connectivity index (χ0v) is 12.6. The Morgan fingerprint density at radius 1 is 1.10 bits per heavy atom. The van der Waals surface area contributed by atoms with E-state index in [9.17, 15) is 8.78 Å². The second kappa shape index (κ2) is 8.16. The van der Waals surface area contributed by atoms with Crippen LogP contribution in [0.25, 0.3) is 10.8 Å². The van der Waals surface area contributed by atoms with Gasteiger partial charge in [0, 0.05) is 10.8 Å². The monoisotopic (exact) mass is 277 g/mol. The summed E-state index contributed by atoms with van der Waals surface area (Å²) in [5.41, 5.74) is 6.28. The molecule has 2 aromatic carbocycles. The Bertz CT molecular complexity index is 625. The molecule has 0 aliphatic carbocycles. The van der Waals surface area contributed by atoms with Crippen molar-refractivity contribution >= 4 is 16.5 Å². The van der Waals surface area contributed by atoms with Gasteiger partial charge in [0.15, 0.2) is 5.82 Å². The topological polar surface area (TPSA) is 26.0 Å². The number of rotatable bonds is 0. The number of terminal acetylenes is 1. The molecule has 0 saturated carbocycles. The number of hydrogen-bond acceptors (Lipinski definition) is 1. The second-order valence-electron chi connectivity index (χ2n) is 3.59. The predicted octanol–water partition coefficient (Wildman–Crippen LogP) is 5.04. The molecule has 1 nitrogen and oxygen atoms in total. The molecular formula is C17H21F2N. The maximum Gasteiger partial charge on any atom is 0.153 e. The van der Waals surface area contributed by atoms with Gasteiger partial charge in [0.05, 0.1) is 11.3 Å². The average molecular weight is 277 g/mol. The fourth-order valence-electron chi connectivity index (χ4n) is 1.84. The van der Waals surface area contributed by atoms with E-state index in [-0.39, 0.29) is 16.6 Å². The SMILES string of the molecule is C#Cc1c(F)ccc2c(F)c(N)cc(C)c12.CC.CC. The zero-order chi connectivity index (χ0) is 15.9. The predicted molar refractivity (Wildman–Crippen MR) is 83.6 cm³/mol. The van der Waals surface area contributed by atoms with Crippen molar-refractivity contribution < 1.29 is 8.78 Å². The van der Waals surface area contributed by atoms with E-state index in [4.69, 9.17) is 12.2 Å². The van der Waals surface area contributed by atoms with Crippen LogP contribution in [0.3, 0.4) is 0 Å². The minimum absolute atomic E-state index is 0.0413. The van der Waals surface area contributed by atoms with Gasteiger partial charge in [-0.25, -0.2) is 8.78 Å². The molecule has 0 aliphatic rings. The van der Waals surface area contributed by atoms with Crippen molar-refractivity contribution in [3.05, 3.63) is 41.0 Å². The molecule has 0 atom stereocenters. The highest BCUT2D eigenvalue weighted by molar-refractivity contribution is 5.94. The normalized spacial score (nSPS) is 8.90. The van der Waals surface area contributed by atoms with Crippen LogP contribution in [0.15, 0.2) is 18.2 Å². The van der Waals surface area contributed by atoms with Crippen molar-refractivity contribution in [2.45, 2.75) is 34.6 Å². The van der Waals surface area contributed by atoms with Crippen LogP contribution >= 0.6 is 0 Å². The molecule has 0 bridgehead atoms. The van der Waals surface area contributed by atoms with E-state index >= 15 is 0 Å². The summed E-state index contributed by atoms with van der Waals surface area (Å²) in [6, 6.07) is 3.96. The maximum absolute atomic E-state index is 13.7. The standard InChI is InChI=1S/C13H9F2N.2C2H6/c1-3-8-10(14)5-4-9-12(8)7(2)6-11(16)13(9)15;2*1-2/h1,4-6H,16H2,2H3;2*1-2H3. The van der Waals surface area contributed by atoms with Gasteiger partial charge in [0.1, 0.15) is 5.82 Å². The lowest BCUT2D eigenvalue weighted by Gasteiger charge is -2.09. The number of nitrogen functional groups attached to an aromatic ring is 1. The highest BCUT2D eigenvalue weighted by atomic mass is 19.1. The first kappa shape index (κ1) is 17.9. The molecule has 2 N–H and O–H groups in total. The largest absolute Gasteiger partial charge is 0.396 e. The quantitative estimate of drug-likeness (QED) is 0.529. The van der Waals surface area contributed by atoms with Gasteiger partial charge in [0.2, 0.25) is 0 Å². The van der Waals surface area contributed by atoms with E-state index in [0.717, 1.165) is 6.07 Å². The van der Waals surface area contributed by atoms with E-state index < -0.39 is 11.6 Å². The minimum atomic E-state index is -0.558. The summed E-state index contributed by atoms with van der Waals surface area (Å²) in [7, 11) is 0. The molecule has 0 aromatic heterocycles. The Kier molecular flexibility index (Phi) is 7.31. The maximum atomic E-state index is 13.7. The molecule has 2 rings (SSSR count). The molecule has 0 aliphatic heterocycles. The number of hydrogen-bond donors (Lipinski definition) is 1. The van der Waals surface area contributed by atoms with Crippen molar-refractivity contribution in [1.82, 2.24) is 0 Å². The average Bonchev–Trinajstić information content (AvgIpc) is 2.48. The lowest BCUT2D eigenvalue weighted by Crippen LogP contribution is -1.97. The molecule has 3 heteroatoms. The highest BCUT2D eigenvalue weighted by Gasteiger charge is 2.13. The first-order valence-corrected chi connectivity index (χ1v) is 6.69. The third kappa shape index (κ3) is 3.27. The van der Waals surface area contributed by atoms with Crippen LogP contribution in [0.1, 0.15) is 38.8 Å². The lowest BCUT2D eigenvalue weighted by molar-refractivity contribution is 0.624. The summed E-state index contributed by atoms with van der Waals surface area (Å²) in [4.78, 5) is 0. The van der Waals surface area contributed by atoms with E-state index in [1.54, 1.807) is 6.92 Å². The number of benzene rings is 2. The van der Waals surface area contributed by atoms with Crippen LogP contribution in [0.2, 0.25) is 0 Å². The number of anilines is 1. The fourth-order valence-corrected chi connectivity index (χ4v) is 1.84. The summed E-state index contributed by atoms with van der Waals surface area (Å²) in [5, 5.41) is 0.668. The van der Waals surface area contributed by atoms with Gasteiger partial charge in [-0.3, -0.25) is 0 Å². The van der Waals surface area contributed by atoms with Crippen molar-refractivity contribution in [2.75, 3.05) is 5.73 Å². The van der Waals surface area contributed by atoms with Crippen LogP contribution in [0, 0.1) is 30.9 Å². The van der Waals surface area contributed by atoms with Gasteiger partial charge in [-0.15, -0.1) is 6.42 Å². The molecule has 0 amide bonds. The molecule has 0 heterocycles. The van der Waals surface area contributed by atoms with Gasteiger partial charge < -0.3 is 5.73 Å². The van der Waals surface area contributed by atoms with E-state index in [2.05, 4.69) is 5.92 Å². The van der Waals surface area contributed by atoms with Crippen molar-refractivity contribution in [3.8, 4) is 12.3 Å². The zero-order valence-electron chi connectivity index (χ0n) is 12.6. The highest BCUT2D eigenvalue weighted by Crippen LogP contribution is 2.30. The molecule has 0 spiro atoms. The van der Waals surface area contributed by atoms with Crippen LogP contribution in [0.4, 0.5) is 14.5 Å². The number of fused-ring (bicyclic) bond motifs is 1. The first-order chi connectivity index (χ1) is 9.56. The van der Waals surface area contributed by atoms with Crippen LogP contribution in [-0.4, -0.2) is 0 Å². The first-order valence-electron chi connectivity index (χ1n) is 6.69. The molecule has 108 valence electrons. The molecule has 0 unspecified atom stereocenters. The third-order valence-corrected chi connectivity index (χ3v) is 2.56. The number of aryl methyl sites for hydroxylation is 1. The summed E-state index contributed by atoms with van der Waals surface area (Å²) in [6.07, 6.45) is 5.23. The summed E-state index contributed by atoms with van der Waals surface area (Å²) in [5.74, 6) is 1.16. The van der Waals surface area contributed by atoms with Gasteiger partial charge in [-0.1, -0.05) is 33.6 Å². The Balaban J connectivity index is 0.000000829. The summed E-state index contributed by atoms with van der Waals surface area (Å²) in [6.45, 7) is 9.72. The van der Waals surface area contributed by atoms with Crippen LogP contribution in [-0.2, 0) is 0 Å². The Morgan fingerprint density at radius 2 is 1.65 bits per heavy atom. The molecule has 2 aromatic rings. The lowest BCUT2D eigenvalue weighted by atomic mass is 9.98. The van der Waals surface area contributed by atoms with Gasteiger partial charge >= 0.3 is 0 Å². The van der Waals surface area contributed by atoms with Gasteiger partial charge in [0.25, 0.3) is 0 Å². The van der Waals surface area contributed by atoms with Gasteiger partial charge in [-0.05, 0) is 30.7 Å². The van der Waals surface area contributed by atoms with Gasteiger partial charge in [-0.2, -0.15) is 0 Å². The van der Waals surface area contributed by atoms with E-state index in [0.29, 0.717) is 10.9 Å². The number of nitrogens with two attached hydrogens (primary N) is 1. The number of halogens is 2. The Hall–Kier alpha value is -2.08. The van der Waals surface area contributed by atoms with Crippen LogP contribution < -0.4 is 5.73 Å². The van der Waals surface area contributed by atoms with Crippen molar-refractivity contribution in [1.29, 1.82) is 0 Å². The Labute approximate surface area is 119 Å². The molecule has 0 saturated heterocycles. The summed E-state index contributed by atoms with van der Waals surface area (Å²) < 4.78 is 27.1. The second-order valence-corrected chi connectivity index (χ2v) is 3.59. The Morgan fingerprint density at radius 3 is 2.15 bits per heavy atom. The van der Waals surface area contributed by atoms with Crippen molar-refractivity contribution in [3.63, 3.8) is 0 Å². The molecule has 0 radical (unpaired) electrons. The van der Waals surface area contributed by atoms with Crippen LogP contribution in [0.5, 0.6) is 0 Å². The molecular weight excluding hydrogens is 256 g/mol. The minimum Gasteiger partial charge on any atom is -0.396 e. The molecule has 0 fully saturated rings. The smallest absolute Gasteiger partial charge is 0.153 e. The van der Waals surface area contributed by atoms with Crippen molar-refractivity contribution in [2.24, 2.45) is 0 Å². The fraction of sp³-hybridized carbons (Fsp3) is 0.294. The van der Waals surface area contributed by atoms with E-state index in [1.165, 1.54) is 12.1 Å². The summed E-state index contributed by atoms with van der Waals surface area (Å²) >= 11 is 0. The third-order valence-electron chi connectivity index (χ3n) is 2.56.